The van der Waals surface area contributed by atoms with Crippen molar-refractivity contribution in [1.82, 2.24) is 0 Å². The Morgan fingerprint density at radius 3 is 2.38 bits per heavy atom. The molecule has 0 heterocycles. The Kier molecular flexibility index (Phi) is 0.893. The molecule has 1 nitrogen and oxygen atoms in total. The van der Waals surface area contributed by atoms with E-state index in [9.17, 15) is 0 Å². The molecule has 0 saturated heterocycles. The molecule has 2 aliphatic rings. The summed E-state index contributed by atoms with van der Waals surface area (Å²) in [6.45, 7) is 0. The molecule has 0 bridgehead atoms. The summed E-state index contributed by atoms with van der Waals surface area (Å²) in [7, 11) is 0. The lowest BCUT2D eigenvalue weighted by Gasteiger charge is -1.79. The fraction of sp³-hybridized carbons (Fsp3) is 0.857. The van der Waals surface area contributed by atoms with E-state index in [1.54, 1.807) is 0 Å². The first-order chi connectivity index (χ1) is 3.95. The lowest BCUT2D eigenvalue weighted by molar-refractivity contribution is 1.05. The van der Waals surface area contributed by atoms with Gasteiger partial charge in [-0.2, -0.15) is 0 Å². The van der Waals surface area contributed by atoms with Crippen LogP contribution in [0.5, 0.6) is 0 Å². The largest absolute Gasteiger partial charge is 0.294 e. The van der Waals surface area contributed by atoms with Crippen LogP contribution in [0.2, 0.25) is 0 Å². The Hall–Kier alpha value is -0.330. The molecule has 2 fully saturated rings. The number of hydrogen-bond donors (Lipinski definition) is 0. The molecule has 0 spiro atoms. The lowest BCUT2D eigenvalue weighted by Crippen LogP contribution is -1.78. The molecule has 44 valence electrons. The summed E-state index contributed by atoms with van der Waals surface area (Å²) >= 11 is 0. The van der Waals surface area contributed by atoms with Gasteiger partial charge in [0.2, 0.25) is 0 Å². The van der Waals surface area contributed by atoms with E-state index < -0.39 is 0 Å². The van der Waals surface area contributed by atoms with Gasteiger partial charge < -0.3 is 0 Å². The van der Waals surface area contributed by atoms with Crippen LogP contribution in [0.3, 0.4) is 0 Å². The third kappa shape index (κ3) is 1.09. The number of rotatable bonds is 2. The minimum absolute atomic E-state index is 0.746. The number of hydrogen-bond acceptors (Lipinski definition) is 1. The highest BCUT2D eigenvalue weighted by Crippen LogP contribution is 2.29. The summed E-state index contributed by atoms with van der Waals surface area (Å²) in [4.78, 5) is 4.37. The molecule has 0 aromatic heterocycles. The summed E-state index contributed by atoms with van der Waals surface area (Å²) in [6.07, 6.45) is 7.66. The molecule has 0 aromatic carbocycles. The van der Waals surface area contributed by atoms with Crippen molar-refractivity contribution in [2.45, 2.75) is 31.7 Å². The summed E-state index contributed by atoms with van der Waals surface area (Å²) in [5, 5.41) is 0. The van der Waals surface area contributed by atoms with Crippen LogP contribution in [0.25, 0.3) is 0 Å². The maximum Gasteiger partial charge on any atom is 0.0497 e. The minimum Gasteiger partial charge on any atom is -0.294 e. The van der Waals surface area contributed by atoms with Crippen molar-refractivity contribution in [3.8, 4) is 0 Å². The van der Waals surface area contributed by atoms with E-state index in [-0.39, 0.29) is 0 Å². The van der Waals surface area contributed by atoms with Crippen LogP contribution in [0.4, 0.5) is 0 Å². The van der Waals surface area contributed by atoms with Gasteiger partial charge in [-0.1, -0.05) is 0 Å². The Balaban J connectivity index is 1.76. The first kappa shape index (κ1) is 4.54. The van der Waals surface area contributed by atoms with E-state index in [4.69, 9.17) is 0 Å². The minimum atomic E-state index is 0.746. The summed E-state index contributed by atoms with van der Waals surface area (Å²) in [5.41, 5.74) is 0. The van der Waals surface area contributed by atoms with E-state index in [2.05, 4.69) is 11.2 Å². The Bertz CT molecular complexity index is 95.6. The van der Waals surface area contributed by atoms with Crippen LogP contribution >= 0.6 is 0 Å². The van der Waals surface area contributed by atoms with Gasteiger partial charge in [-0.05, 0) is 31.6 Å². The molecule has 8 heavy (non-hydrogen) atoms. The van der Waals surface area contributed by atoms with Crippen LogP contribution in [-0.2, 0) is 0 Å². The average Bonchev–Trinajstić information content (AvgIpc) is 2.60. The van der Waals surface area contributed by atoms with Gasteiger partial charge in [0, 0.05) is 12.3 Å². The summed E-state index contributed by atoms with van der Waals surface area (Å²) < 4.78 is 0. The molecular formula is C7H11N. The molecule has 0 radical (unpaired) electrons. The zero-order chi connectivity index (χ0) is 5.40. The van der Waals surface area contributed by atoms with Gasteiger partial charge in [0.05, 0.1) is 0 Å². The van der Waals surface area contributed by atoms with E-state index in [0.717, 1.165) is 12.0 Å². The van der Waals surface area contributed by atoms with E-state index in [1.807, 2.05) is 0 Å². The molecule has 0 aliphatic heterocycles. The highest BCUT2D eigenvalue weighted by atomic mass is 14.8. The molecule has 0 atom stereocenters. The molecule has 2 rings (SSSR count). The monoisotopic (exact) mass is 109 g/mol. The lowest BCUT2D eigenvalue weighted by atomic mass is 10.5. The standard InChI is InChI=1S/C7H11N/c1-2-6(1)5-8-7-3-4-7/h5-7H,1-4H2. The predicted molar refractivity (Wildman–Crippen MR) is 34.2 cm³/mol. The highest BCUT2D eigenvalue weighted by molar-refractivity contribution is 5.64. The zero-order valence-electron chi connectivity index (χ0n) is 5.01. The van der Waals surface area contributed by atoms with Crippen molar-refractivity contribution in [3.05, 3.63) is 0 Å². The van der Waals surface area contributed by atoms with E-state index in [0.29, 0.717) is 0 Å². The van der Waals surface area contributed by atoms with Crippen molar-refractivity contribution in [2.24, 2.45) is 10.9 Å². The second-order valence-corrected chi connectivity index (χ2v) is 2.87. The van der Waals surface area contributed by atoms with Gasteiger partial charge in [-0.25, -0.2) is 0 Å². The Morgan fingerprint density at radius 1 is 1.12 bits per heavy atom. The SMILES string of the molecule is C(=NC1CC1)C1CC1. The quantitative estimate of drug-likeness (QED) is 0.478. The second kappa shape index (κ2) is 1.57. The van der Waals surface area contributed by atoms with E-state index >= 15 is 0 Å². The van der Waals surface area contributed by atoms with Crippen LogP contribution in [0.1, 0.15) is 25.7 Å². The Labute approximate surface area is 49.8 Å². The average molecular weight is 109 g/mol. The van der Waals surface area contributed by atoms with Crippen molar-refractivity contribution in [1.29, 1.82) is 0 Å². The van der Waals surface area contributed by atoms with Crippen LogP contribution in [-0.4, -0.2) is 12.3 Å². The predicted octanol–water partition coefficient (Wildman–Crippen LogP) is 1.63. The number of nitrogens with zero attached hydrogens (tertiary/aromatic N) is 1. The van der Waals surface area contributed by atoms with Gasteiger partial charge in [0.15, 0.2) is 0 Å². The molecule has 2 aliphatic carbocycles. The number of aliphatic imine (C=N–C) groups is 1. The fourth-order valence-electron chi connectivity index (χ4n) is 0.712. The first-order valence-corrected chi connectivity index (χ1v) is 3.48. The maximum atomic E-state index is 4.37. The third-order valence-electron chi connectivity index (χ3n) is 1.68. The first-order valence-electron chi connectivity index (χ1n) is 3.48. The zero-order valence-corrected chi connectivity index (χ0v) is 5.01. The van der Waals surface area contributed by atoms with Crippen molar-refractivity contribution in [2.75, 3.05) is 0 Å². The molecule has 0 unspecified atom stereocenters. The highest BCUT2D eigenvalue weighted by Gasteiger charge is 2.22. The van der Waals surface area contributed by atoms with E-state index in [1.165, 1.54) is 25.7 Å². The fourth-order valence-corrected chi connectivity index (χ4v) is 0.712. The summed E-state index contributed by atoms with van der Waals surface area (Å²) in [5.74, 6) is 0.885. The maximum absolute atomic E-state index is 4.37. The molecule has 0 aromatic rings. The van der Waals surface area contributed by atoms with Crippen molar-refractivity contribution >= 4 is 6.21 Å². The topological polar surface area (TPSA) is 12.4 Å². The van der Waals surface area contributed by atoms with Gasteiger partial charge in [-0.15, -0.1) is 0 Å². The van der Waals surface area contributed by atoms with Crippen LogP contribution in [0.15, 0.2) is 4.99 Å². The normalized spacial score (nSPS) is 29.5. The van der Waals surface area contributed by atoms with Crippen molar-refractivity contribution in [3.63, 3.8) is 0 Å². The van der Waals surface area contributed by atoms with Gasteiger partial charge in [-0.3, -0.25) is 4.99 Å². The van der Waals surface area contributed by atoms with Crippen LogP contribution in [0, 0.1) is 5.92 Å². The molecule has 1 heteroatoms. The third-order valence-corrected chi connectivity index (χ3v) is 1.68. The van der Waals surface area contributed by atoms with Crippen LogP contribution < -0.4 is 0 Å². The molecule has 2 saturated carbocycles. The Morgan fingerprint density at radius 2 is 1.88 bits per heavy atom. The smallest absolute Gasteiger partial charge is 0.0497 e. The molecular weight excluding hydrogens is 98.1 g/mol. The van der Waals surface area contributed by atoms with Gasteiger partial charge in [0.25, 0.3) is 0 Å². The second-order valence-electron chi connectivity index (χ2n) is 2.87. The summed E-state index contributed by atoms with van der Waals surface area (Å²) in [6, 6.07) is 0.746. The van der Waals surface area contributed by atoms with Gasteiger partial charge >= 0.3 is 0 Å². The van der Waals surface area contributed by atoms with Crippen molar-refractivity contribution < 1.29 is 0 Å². The molecule has 0 amide bonds. The van der Waals surface area contributed by atoms with Gasteiger partial charge in [0.1, 0.15) is 0 Å². The molecule has 0 N–H and O–H groups in total.